The molecule has 0 saturated carbocycles. The Bertz CT molecular complexity index is 1780. The molecule has 7 nitrogen and oxygen atoms in total. The lowest BCUT2D eigenvalue weighted by atomic mass is 10.1. The third-order valence-electron chi connectivity index (χ3n) is 5.88. The molecule has 0 aliphatic carbocycles. The maximum atomic E-state index is 13.7. The Balaban J connectivity index is 1.79. The minimum atomic E-state index is -5.08. The molecule has 0 aliphatic heterocycles. The summed E-state index contributed by atoms with van der Waals surface area (Å²) in [5, 5.41) is 13.5. The molecule has 0 atom stereocenters. The number of halogens is 7. The standard InChI is InChI=1S/C28H17F7N2O5S/c1-42-20-8-2-13(3-9-22(38)39)10-17(20)25(40)37-23-16-6-4-14(27(30,31)32)11-21(16)43-24(23)26(41)36-15-5-7-19(29)18(12-15)28(33,34)35/h2-12H,1H3,(H,36,41)(H,37,40)(H,38,39)/b9-3-. The number of thiophene rings is 1. The van der Waals surface area contributed by atoms with E-state index in [1.807, 2.05) is 0 Å². The molecule has 3 N–H and O–H groups in total. The van der Waals surface area contributed by atoms with Gasteiger partial charge < -0.3 is 20.5 Å². The van der Waals surface area contributed by atoms with Crippen molar-refractivity contribution in [3.8, 4) is 5.75 Å². The summed E-state index contributed by atoms with van der Waals surface area (Å²) in [6.45, 7) is 0. The molecule has 0 spiro atoms. The Morgan fingerprint density at radius 2 is 1.60 bits per heavy atom. The van der Waals surface area contributed by atoms with Crippen molar-refractivity contribution in [1.29, 1.82) is 0 Å². The second kappa shape index (κ2) is 11.8. The normalized spacial score (nSPS) is 12.0. The summed E-state index contributed by atoms with van der Waals surface area (Å²) in [6.07, 6.45) is -7.82. The van der Waals surface area contributed by atoms with Gasteiger partial charge in [-0.05, 0) is 54.1 Å². The van der Waals surface area contributed by atoms with Gasteiger partial charge in [-0.2, -0.15) is 26.3 Å². The Morgan fingerprint density at radius 3 is 2.23 bits per heavy atom. The highest BCUT2D eigenvalue weighted by atomic mass is 32.1. The Hall–Kier alpha value is -4.92. The molecule has 1 aromatic heterocycles. The van der Waals surface area contributed by atoms with Crippen molar-refractivity contribution in [3.63, 3.8) is 0 Å². The number of rotatable bonds is 7. The molecule has 0 unspecified atom stereocenters. The van der Waals surface area contributed by atoms with Crippen LogP contribution in [0.15, 0.2) is 60.7 Å². The zero-order valence-electron chi connectivity index (χ0n) is 21.5. The summed E-state index contributed by atoms with van der Waals surface area (Å²) >= 11 is 0.525. The van der Waals surface area contributed by atoms with E-state index in [1.165, 1.54) is 31.4 Å². The molecule has 15 heteroatoms. The fourth-order valence-corrected chi connectivity index (χ4v) is 5.01. The molecule has 0 bridgehead atoms. The molecule has 0 saturated heterocycles. The zero-order chi connectivity index (χ0) is 31.7. The van der Waals surface area contributed by atoms with Crippen LogP contribution in [0.2, 0.25) is 0 Å². The highest BCUT2D eigenvalue weighted by Gasteiger charge is 2.35. The van der Waals surface area contributed by atoms with E-state index in [0.717, 1.165) is 30.3 Å². The topological polar surface area (TPSA) is 105 Å². The number of hydrogen-bond acceptors (Lipinski definition) is 5. The number of anilines is 2. The molecule has 1 heterocycles. The van der Waals surface area contributed by atoms with Crippen LogP contribution in [0.4, 0.5) is 42.1 Å². The molecule has 0 aliphatic rings. The minimum Gasteiger partial charge on any atom is -0.496 e. The summed E-state index contributed by atoms with van der Waals surface area (Å²) in [5.74, 6) is -4.83. The lowest BCUT2D eigenvalue weighted by Gasteiger charge is -2.13. The van der Waals surface area contributed by atoms with Gasteiger partial charge in [0, 0.05) is 21.8 Å². The van der Waals surface area contributed by atoms with Gasteiger partial charge in [-0.15, -0.1) is 11.3 Å². The van der Waals surface area contributed by atoms with Crippen molar-refractivity contribution >= 4 is 56.7 Å². The van der Waals surface area contributed by atoms with Crippen molar-refractivity contribution in [3.05, 3.63) is 93.6 Å². The molecule has 4 aromatic rings. The van der Waals surface area contributed by atoms with Crippen LogP contribution >= 0.6 is 11.3 Å². The monoisotopic (exact) mass is 626 g/mol. The summed E-state index contributed by atoms with van der Waals surface area (Å²) < 4.78 is 98.5. The predicted molar refractivity (Wildman–Crippen MR) is 144 cm³/mol. The van der Waals surface area contributed by atoms with Gasteiger partial charge in [0.2, 0.25) is 0 Å². The number of alkyl halides is 6. The number of carbonyl (C=O) groups is 3. The largest absolute Gasteiger partial charge is 0.496 e. The maximum absolute atomic E-state index is 13.7. The van der Waals surface area contributed by atoms with E-state index in [2.05, 4.69) is 10.6 Å². The van der Waals surface area contributed by atoms with E-state index in [4.69, 9.17) is 9.84 Å². The van der Waals surface area contributed by atoms with Crippen LogP contribution in [0.3, 0.4) is 0 Å². The van der Waals surface area contributed by atoms with Crippen LogP contribution in [-0.2, 0) is 17.1 Å². The van der Waals surface area contributed by atoms with Crippen LogP contribution in [0.1, 0.15) is 36.7 Å². The van der Waals surface area contributed by atoms with Gasteiger partial charge >= 0.3 is 18.3 Å². The van der Waals surface area contributed by atoms with Crippen molar-refractivity contribution < 1.29 is 55.0 Å². The summed E-state index contributed by atoms with van der Waals surface area (Å²) in [4.78, 5) is 37.1. The predicted octanol–water partition coefficient (Wildman–Crippen LogP) is 7.69. The van der Waals surface area contributed by atoms with Crippen LogP contribution in [0, 0.1) is 5.82 Å². The molecule has 3 aromatic carbocycles. The third-order valence-corrected chi connectivity index (χ3v) is 7.03. The first kappa shape index (κ1) is 31.0. The number of carboxylic acids is 1. The third kappa shape index (κ3) is 6.94. The average molecular weight is 627 g/mol. The molecule has 4 rings (SSSR count). The fraction of sp³-hybridized carbons (Fsp3) is 0.107. The second-order valence-electron chi connectivity index (χ2n) is 8.75. The van der Waals surface area contributed by atoms with Gasteiger partial charge in [0.25, 0.3) is 11.8 Å². The number of nitrogens with one attached hydrogen (secondary N) is 2. The SMILES string of the molecule is COc1ccc(/C=C\C(=O)O)cc1C(=O)Nc1c(C(=O)Nc2ccc(F)c(C(F)(F)F)c2)sc2cc(C(F)(F)F)ccc12. The van der Waals surface area contributed by atoms with Crippen LogP contribution in [0.25, 0.3) is 16.2 Å². The van der Waals surface area contributed by atoms with Crippen LogP contribution in [0.5, 0.6) is 5.75 Å². The first-order valence-corrected chi connectivity index (χ1v) is 12.6. The van der Waals surface area contributed by atoms with E-state index in [-0.39, 0.29) is 37.5 Å². The Morgan fingerprint density at radius 1 is 0.884 bits per heavy atom. The summed E-state index contributed by atoms with van der Waals surface area (Å²) in [5.41, 5.74) is -3.31. The first-order chi connectivity index (χ1) is 20.1. The van der Waals surface area contributed by atoms with Crippen LogP contribution < -0.4 is 15.4 Å². The number of hydrogen-bond donors (Lipinski definition) is 3. The summed E-state index contributed by atoms with van der Waals surface area (Å²) in [7, 11) is 1.24. The minimum absolute atomic E-state index is 0.00693. The lowest BCUT2D eigenvalue weighted by molar-refractivity contribution is -0.140. The van der Waals surface area contributed by atoms with E-state index in [9.17, 15) is 45.1 Å². The number of methoxy groups -OCH3 is 1. The number of benzene rings is 3. The van der Waals surface area contributed by atoms with Crippen molar-refractivity contribution in [2.75, 3.05) is 17.7 Å². The Kier molecular flexibility index (Phi) is 8.48. The van der Waals surface area contributed by atoms with Gasteiger partial charge in [-0.3, -0.25) is 9.59 Å². The molecule has 0 radical (unpaired) electrons. The maximum Gasteiger partial charge on any atom is 0.419 e. The smallest absolute Gasteiger partial charge is 0.419 e. The molecular formula is C28H17F7N2O5S. The quantitative estimate of drug-likeness (QED) is 0.144. The Labute approximate surface area is 241 Å². The van der Waals surface area contributed by atoms with Crippen molar-refractivity contribution in [2.24, 2.45) is 0 Å². The molecule has 0 fully saturated rings. The highest BCUT2D eigenvalue weighted by molar-refractivity contribution is 7.21. The molecule has 224 valence electrons. The van der Waals surface area contributed by atoms with E-state index < -0.39 is 52.8 Å². The summed E-state index contributed by atoms with van der Waals surface area (Å²) in [6, 6.07) is 8.25. The van der Waals surface area contributed by atoms with Gasteiger partial charge in [-0.1, -0.05) is 12.1 Å². The number of carboxylic acid groups (broad SMARTS) is 1. The van der Waals surface area contributed by atoms with Gasteiger partial charge in [0.05, 0.1) is 29.5 Å². The number of carbonyl (C=O) groups excluding carboxylic acids is 2. The number of aliphatic carboxylic acids is 1. The van der Waals surface area contributed by atoms with Crippen molar-refractivity contribution in [1.82, 2.24) is 0 Å². The molecule has 43 heavy (non-hydrogen) atoms. The lowest BCUT2D eigenvalue weighted by Crippen LogP contribution is -2.18. The van der Waals surface area contributed by atoms with E-state index in [1.54, 1.807) is 0 Å². The molecule has 2 amide bonds. The number of amides is 2. The number of ether oxygens (including phenoxy) is 1. The van der Waals surface area contributed by atoms with E-state index >= 15 is 0 Å². The van der Waals surface area contributed by atoms with Gasteiger partial charge in [-0.25, -0.2) is 9.18 Å². The van der Waals surface area contributed by atoms with Gasteiger partial charge in [0.1, 0.15) is 16.4 Å². The second-order valence-corrected chi connectivity index (χ2v) is 9.80. The van der Waals surface area contributed by atoms with Gasteiger partial charge in [0.15, 0.2) is 0 Å². The van der Waals surface area contributed by atoms with Crippen molar-refractivity contribution in [2.45, 2.75) is 12.4 Å². The van der Waals surface area contributed by atoms with E-state index in [0.29, 0.717) is 23.5 Å². The number of fused-ring (bicyclic) bond motifs is 1. The highest BCUT2D eigenvalue weighted by Crippen LogP contribution is 2.41. The van der Waals surface area contributed by atoms with Crippen LogP contribution in [-0.4, -0.2) is 30.0 Å². The zero-order valence-corrected chi connectivity index (χ0v) is 22.3. The molecular weight excluding hydrogens is 609 g/mol. The first-order valence-electron chi connectivity index (χ1n) is 11.8. The average Bonchev–Trinajstić information content (AvgIpc) is 3.29. The fourth-order valence-electron chi connectivity index (χ4n) is 3.92.